The lowest BCUT2D eigenvalue weighted by Gasteiger charge is -2.12. The molecule has 0 saturated carbocycles. The first kappa shape index (κ1) is 20.3. The van der Waals surface area contributed by atoms with Crippen molar-refractivity contribution in [1.82, 2.24) is 25.6 Å². The van der Waals surface area contributed by atoms with Crippen LogP contribution in [-0.4, -0.2) is 36.7 Å². The number of aryl methyl sites for hydroxylation is 1. The number of H-pyrrole nitrogens is 1. The number of aromatic carboxylic acids is 1. The number of aromatic amines is 1. The molecule has 2 heterocycles. The molecule has 0 spiro atoms. The summed E-state index contributed by atoms with van der Waals surface area (Å²) in [6.45, 7) is 2.51. The molecule has 8 nitrogen and oxygen atoms in total. The van der Waals surface area contributed by atoms with Gasteiger partial charge in [0.15, 0.2) is 5.82 Å². The van der Waals surface area contributed by atoms with E-state index in [4.69, 9.17) is 0 Å². The molecule has 0 unspecified atom stereocenters. The molecule has 3 N–H and O–H groups in total. The summed E-state index contributed by atoms with van der Waals surface area (Å²) < 4.78 is 0. The molecular weight excluding hydrogens is 416 g/mol. The maximum Gasteiger partial charge on any atom is 0.335 e. The van der Waals surface area contributed by atoms with Gasteiger partial charge >= 0.3 is 5.97 Å². The maximum absolute atomic E-state index is 11.4. The van der Waals surface area contributed by atoms with E-state index in [9.17, 15) is 9.90 Å². The van der Waals surface area contributed by atoms with Gasteiger partial charge in [0, 0.05) is 28.9 Å². The number of carbonyl (C=O) groups is 1. The molecule has 3 aromatic carbocycles. The van der Waals surface area contributed by atoms with E-state index in [0.29, 0.717) is 12.4 Å². The van der Waals surface area contributed by atoms with Gasteiger partial charge in [0.1, 0.15) is 0 Å². The Morgan fingerprint density at radius 3 is 2.52 bits per heavy atom. The lowest BCUT2D eigenvalue weighted by Crippen LogP contribution is -2.03. The molecule has 5 rings (SSSR count). The Balaban J connectivity index is 1.40. The number of carboxylic acids is 1. The van der Waals surface area contributed by atoms with Crippen LogP contribution in [0.1, 0.15) is 21.6 Å². The predicted molar refractivity (Wildman–Crippen MR) is 126 cm³/mol. The minimum atomic E-state index is -0.958. The normalized spacial score (nSPS) is 10.9. The van der Waals surface area contributed by atoms with Crippen molar-refractivity contribution in [2.75, 3.05) is 5.32 Å². The molecular formula is C25H20N6O2. The molecule has 162 valence electrons. The molecule has 0 atom stereocenters. The molecule has 0 aliphatic heterocycles. The van der Waals surface area contributed by atoms with Crippen LogP contribution in [-0.2, 0) is 6.54 Å². The summed E-state index contributed by atoms with van der Waals surface area (Å²) in [6, 6.07) is 23.1. The summed E-state index contributed by atoms with van der Waals surface area (Å²) in [4.78, 5) is 15.9. The van der Waals surface area contributed by atoms with E-state index < -0.39 is 5.97 Å². The first-order valence-electron chi connectivity index (χ1n) is 10.4. The van der Waals surface area contributed by atoms with Crippen LogP contribution in [0, 0.1) is 6.92 Å². The lowest BCUT2D eigenvalue weighted by atomic mass is 9.98. The Kier molecular flexibility index (Phi) is 5.24. The average molecular weight is 436 g/mol. The summed E-state index contributed by atoms with van der Waals surface area (Å²) in [7, 11) is 0. The van der Waals surface area contributed by atoms with Crippen LogP contribution in [0.25, 0.3) is 33.4 Å². The summed E-state index contributed by atoms with van der Waals surface area (Å²) in [6.07, 6.45) is 0. The minimum Gasteiger partial charge on any atom is -0.478 e. The quantitative estimate of drug-likeness (QED) is 0.353. The summed E-state index contributed by atoms with van der Waals surface area (Å²) in [5.41, 5.74) is 6.83. The number of hydrogen-bond donors (Lipinski definition) is 3. The Bertz CT molecular complexity index is 1450. The van der Waals surface area contributed by atoms with Crippen molar-refractivity contribution in [3.8, 4) is 22.5 Å². The summed E-state index contributed by atoms with van der Waals surface area (Å²) >= 11 is 0. The Labute approximate surface area is 189 Å². The highest BCUT2D eigenvalue weighted by Gasteiger charge is 2.11. The molecule has 0 amide bonds. The van der Waals surface area contributed by atoms with Crippen LogP contribution in [0.2, 0.25) is 0 Å². The maximum atomic E-state index is 11.4. The van der Waals surface area contributed by atoms with E-state index in [1.54, 1.807) is 18.2 Å². The zero-order valence-electron chi connectivity index (χ0n) is 17.8. The number of anilines is 1. The number of rotatable bonds is 6. The number of pyridine rings is 1. The van der Waals surface area contributed by atoms with E-state index >= 15 is 0 Å². The van der Waals surface area contributed by atoms with E-state index in [0.717, 1.165) is 44.5 Å². The fourth-order valence-electron chi connectivity index (χ4n) is 3.85. The van der Waals surface area contributed by atoms with E-state index in [1.165, 1.54) is 0 Å². The SMILES string of the molecule is Cc1cc(NCc2ccc(-c3ccccc3-c3nnn[nH]3)cc2)c2cc(C(=O)O)ccc2n1. The molecule has 0 aliphatic carbocycles. The monoisotopic (exact) mass is 436 g/mol. The second-order valence-corrected chi connectivity index (χ2v) is 7.69. The highest BCUT2D eigenvalue weighted by molar-refractivity contribution is 5.98. The fourth-order valence-corrected chi connectivity index (χ4v) is 3.85. The number of fused-ring (bicyclic) bond motifs is 1. The lowest BCUT2D eigenvalue weighted by molar-refractivity contribution is 0.0697. The van der Waals surface area contributed by atoms with Crippen LogP contribution in [0.4, 0.5) is 5.69 Å². The Morgan fingerprint density at radius 1 is 1.00 bits per heavy atom. The third-order valence-electron chi connectivity index (χ3n) is 5.46. The van der Waals surface area contributed by atoms with Gasteiger partial charge in [0.2, 0.25) is 0 Å². The van der Waals surface area contributed by atoms with E-state index in [1.807, 2.05) is 37.3 Å². The third-order valence-corrected chi connectivity index (χ3v) is 5.46. The third kappa shape index (κ3) is 4.14. The molecule has 0 bridgehead atoms. The smallest absolute Gasteiger partial charge is 0.335 e. The molecule has 0 radical (unpaired) electrons. The van der Waals surface area contributed by atoms with E-state index in [-0.39, 0.29) is 5.56 Å². The van der Waals surface area contributed by atoms with Crippen molar-refractivity contribution in [3.05, 3.63) is 89.6 Å². The van der Waals surface area contributed by atoms with Gasteiger partial charge in [-0.05, 0) is 58.3 Å². The van der Waals surface area contributed by atoms with Crippen molar-refractivity contribution < 1.29 is 9.90 Å². The number of tetrazole rings is 1. The zero-order valence-corrected chi connectivity index (χ0v) is 17.8. The number of nitrogens with one attached hydrogen (secondary N) is 2. The van der Waals surface area contributed by atoms with Gasteiger partial charge in [-0.1, -0.05) is 48.5 Å². The number of hydrogen-bond acceptors (Lipinski definition) is 6. The van der Waals surface area contributed by atoms with Crippen LogP contribution in [0.3, 0.4) is 0 Å². The summed E-state index contributed by atoms with van der Waals surface area (Å²) in [5.74, 6) is -0.336. The molecule has 5 aromatic rings. The van der Waals surface area contributed by atoms with Gasteiger partial charge in [-0.2, -0.15) is 0 Å². The van der Waals surface area contributed by atoms with Crippen LogP contribution in [0.15, 0.2) is 72.8 Å². The number of benzene rings is 3. The van der Waals surface area contributed by atoms with Crippen LogP contribution in [0.5, 0.6) is 0 Å². The predicted octanol–water partition coefficient (Wildman–Crippen LogP) is 4.70. The Morgan fingerprint density at radius 2 is 1.79 bits per heavy atom. The number of carboxylic acid groups (broad SMARTS) is 1. The Hall–Kier alpha value is -4.59. The van der Waals surface area contributed by atoms with Gasteiger partial charge < -0.3 is 10.4 Å². The highest BCUT2D eigenvalue weighted by Crippen LogP contribution is 2.30. The number of aromatic nitrogens is 5. The standard InChI is InChI=1S/C25H20N6O2/c1-15-12-23(21-13-18(25(32)33)10-11-22(21)27-15)26-14-16-6-8-17(9-7-16)19-4-2-3-5-20(19)24-28-30-31-29-24/h2-13H,14H2,1H3,(H,26,27)(H,32,33)(H,28,29,30,31). The average Bonchev–Trinajstić information content (AvgIpc) is 3.37. The van der Waals surface area contributed by atoms with Crippen LogP contribution < -0.4 is 5.32 Å². The molecule has 33 heavy (non-hydrogen) atoms. The minimum absolute atomic E-state index is 0.237. The molecule has 8 heteroatoms. The zero-order chi connectivity index (χ0) is 22.8. The second kappa shape index (κ2) is 8.51. The van der Waals surface area contributed by atoms with Gasteiger partial charge in [0.25, 0.3) is 0 Å². The van der Waals surface area contributed by atoms with Crippen molar-refractivity contribution in [2.24, 2.45) is 0 Å². The van der Waals surface area contributed by atoms with Crippen molar-refractivity contribution in [3.63, 3.8) is 0 Å². The van der Waals surface area contributed by atoms with Crippen molar-refractivity contribution >= 4 is 22.6 Å². The first-order valence-corrected chi connectivity index (χ1v) is 10.4. The van der Waals surface area contributed by atoms with Crippen molar-refractivity contribution in [2.45, 2.75) is 13.5 Å². The van der Waals surface area contributed by atoms with Gasteiger partial charge in [-0.15, -0.1) is 5.10 Å². The second-order valence-electron chi connectivity index (χ2n) is 7.69. The summed E-state index contributed by atoms with van der Waals surface area (Å²) in [5, 5.41) is 27.8. The largest absolute Gasteiger partial charge is 0.478 e. The van der Waals surface area contributed by atoms with E-state index in [2.05, 4.69) is 55.2 Å². The first-order chi connectivity index (χ1) is 16.1. The molecule has 0 aliphatic rings. The van der Waals surface area contributed by atoms with Crippen molar-refractivity contribution in [1.29, 1.82) is 0 Å². The molecule has 0 saturated heterocycles. The molecule has 2 aromatic heterocycles. The highest BCUT2D eigenvalue weighted by atomic mass is 16.4. The van der Waals surface area contributed by atoms with Gasteiger partial charge in [-0.3, -0.25) is 4.98 Å². The topological polar surface area (TPSA) is 117 Å². The molecule has 0 fully saturated rings. The van der Waals surface area contributed by atoms with Gasteiger partial charge in [0.05, 0.1) is 11.1 Å². The number of nitrogens with zero attached hydrogens (tertiary/aromatic N) is 4. The fraction of sp³-hybridized carbons (Fsp3) is 0.0800. The van der Waals surface area contributed by atoms with Gasteiger partial charge in [-0.25, -0.2) is 9.89 Å². The van der Waals surface area contributed by atoms with Crippen LogP contribution >= 0.6 is 0 Å².